The Kier molecular flexibility index (Phi) is 4.81. The summed E-state index contributed by atoms with van der Waals surface area (Å²) in [6, 6.07) is 4.98. The highest BCUT2D eigenvalue weighted by molar-refractivity contribution is 5.29. The molecular formula is C16H23FO2. The second kappa shape index (κ2) is 6.38. The maximum absolute atomic E-state index is 13.9. The van der Waals surface area contributed by atoms with E-state index in [1.54, 1.807) is 12.1 Å². The molecule has 2 nitrogen and oxygen atoms in total. The van der Waals surface area contributed by atoms with Crippen LogP contribution in [-0.2, 0) is 6.42 Å². The minimum Gasteiger partial charge on any atom is -0.497 e. The quantitative estimate of drug-likeness (QED) is 0.903. The Morgan fingerprint density at radius 3 is 2.79 bits per heavy atom. The fraction of sp³-hybridized carbons (Fsp3) is 0.625. The zero-order valence-corrected chi connectivity index (χ0v) is 11.7. The lowest BCUT2D eigenvalue weighted by molar-refractivity contribution is 0.0471. The van der Waals surface area contributed by atoms with Crippen LogP contribution in [0.25, 0.3) is 0 Å². The summed E-state index contributed by atoms with van der Waals surface area (Å²) in [4.78, 5) is 0. The maximum atomic E-state index is 13.9. The lowest BCUT2D eigenvalue weighted by Gasteiger charge is -2.33. The van der Waals surface area contributed by atoms with Gasteiger partial charge in [0.05, 0.1) is 13.2 Å². The molecule has 3 heteroatoms. The molecule has 1 saturated carbocycles. The van der Waals surface area contributed by atoms with Crippen LogP contribution >= 0.6 is 0 Å². The van der Waals surface area contributed by atoms with Crippen LogP contribution in [0.1, 0.15) is 38.2 Å². The third-order valence-corrected chi connectivity index (χ3v) is 4.37. The number of aliphatic hydroxyl groups excluding tert-OH is 1. The van der Waals surface area contributed by atoms with Crippen LogP contribution in [0.15, 0.2) is 18.2 Å². The Morgan fingerprint density at radius 2 is 2.16 bits per heavy atom. The molecule has 0 radical (unpaired) electrons. The minimum absolute atomic E-state index is 0.182. The molecule has 0 amide bonds. The Hall–Kier alpha value is -1.09. The number of hydrogen-bond donors (Lipinski definition) is 1. The highest BCUT2D eigenvalue weighted by atomic mass is 19.1. The van der Waals surface area contributed by atoms with E-state index < -0.39 is 0 Å². The predicted octanol–water partition coefficient (Wildman–Crippen LogP) is 3.56. The van der Waals surface area contributed by atoms with E-state index in [0.717, 1.165) is 25.7 Å². The number of hydrogen-bond acceptors (Lipinski definition) is 2. The molecule has 0 bridgehead atoms. The first-order valence-corrected chi connectivity index (χ1v) is 7.14. The van der Waals surface area contributed by atoms with Crippen LogP contribution in [-0.4, -0.2) is 18.3 Å². The van der Waals surface area contributed by atoms with E-state index in [9.17, 15) is 9.50 Å². The Bertz CT molecular complexity index is 419. The first-order chi connectivity index (χ1) is 9.13. The Morgan fingerprint density at radius 1 is 1.37 bits per heavy atom. The fourth-order valence-corrected chi connectivity index (χ4v) is 3.04. The molecule has 19 heavy (non-hydrogen) atoms. The van der Waals surface area contributed by atoms with E-state index in [0.29, 0.717) is 23.7 Å². The van der Waals surface area contributed by atoms with Crippen molar-refractivity contribution in [2.45, 2.75) is 45.1 Å². The van der Waals surface area contributed by atoms with Gasteiger partial charge in [-0.25, -0.2) is 4.39 Å². The summed E-state index contributed by atoms with van der Waals surface area (Å²) in [5, 5.41) is 10.1. The molecule has 3 unspecified atom stereocenters. The first-order valence-electron chi connectivity index (χ1n) is 7.14. The number of benzene rings is 1. The van der Waals surface area contributed by atoms with Gasteiger partial charge in [0.2, 0.25) is 0 Å². The van der Waals surface area contributed by atoms with Gasteiger partial charge in [-0.2, -0.15) is 0 Å². The van der Waals surface area contributed by atoms with Gasteiger partial charge in [0, 0.05) is 6.07 Å². The van der Waals surface area contributed by atoms with Crippen molar-refractivity contribution in [3.05, 3.63) is 29.6 Å². The van der Waals surface area contributed by atoms with Crippen molar-refractivity contribution in [1.82, 2.24) is 0 Å². The molecule has 0 spiro atoms. The lowest BCUT2D eigenvalue weighted by atomic mass is 9.76. The van der Waals surface area contributed by atoms with Gasteiger partial charge in [-0.15, -0.1) is 0 Å². The highest BCUT2D eigenvalue weighted by Gasteiger charge is 2.29. The number of rotatable bonds is 4. The van der Waals surface area contributed by atoms with Crippen molar-refractivity contribution in [3.8, 4) is 5.75 Å². The molecule has 1 aromatic carbocycles. The topological polar surface area (TPSA) is 29.5 Å². The molecule has 1 aliphatic rings. The van der Waals surface area contributed by atoms with Crippen molar-refractivity contribution in [3.63, 3.8) is 0 Å². The van der Waals surface area contributed by atoms with Gasteiger partial charge in [0.25, 0.3) is 0 Å². The smallest absolute Gasteiger partial charge is 0.130 e. The highest BCUT2D eigenvalue weighted by Crippen LogP contribution is 2.34. The zero-order valence-electron chi connectivity index (χ0n) is 11.7. The van der Waals surface area contributed by atoms with E-state index in [1.165, 1.54) is 13.2 Å². The second-order valence-corrected chi connectivity index (χ2v) is 5.58. The van der Waals surface area contributed by atoms with E-state index in [4.69, 9.17) is 4.74 Å². The second-order valence-electron chi connectivity index (χ2n) is 5.58. The van der Waals surface area contributed by atoms with Crippen molar-refractivity contribution in [2.75, 3.05) is 7.11 Å². The first kappa shape index (κ1) is 14.3. The van der Waals surface area contributed by atoms with Crippen molar-refractivity contribution >= 4 is 0 Å². The van der Waals surface area contributed by atoms with Crippen molar-refractivity contribution in [2.24, 2.45) is 11.8 Å². The van der Waals surface area contributed by atoms with Crippen LogP contribution in [0.4, 0.5) is 4.39 Å². The van der Waals surface area contributed by atoms with Gasteiger partial charge in [-0.3, -0.25) is 0 Å². The molecule has 0 saturated heterocycles. The van der Waals surface area contributed by atoms with Gasteiger partial charge in [0.15, 0.2) is 0 Å². The molecule has 1 aliphatic carbocycles. The molecule has 0 heterocycles. The summed E-state index contributed by atoms with van der Waals surface area (Å²) in [7, 11) is 1.53. The van der Waals surface area contributed by atoms with Crippen molar-refractivity contribution < 1.29 is 14.2 Å². The Labute approximate surface area is 114 Å². The van der Waals surface area contributed by atoms with Crippen LogP contribution in [0, 0.1) is 17.7 Å². The van der Waals surface area contributed by atoms with Crippen LogP contribution in [0.5, 0.6) is 5.75 Å². The third kappa shape index (κ3) is 3.47. The zero-order chi connectivity index (χ0) is 13.8. The maximum Gasteiger partial charge on any atom is 0.130 e. The predicted molar refractivity (Wildman–Crippen MR) is 73.8 cm³/mol. The Balaban J connectivity index is 2.06. The monoisotopic (exact) mass is 266 g/mol. The van der Waals surface area contributed by atoms with Crippen LogP contribution < -0.4 is 4.74 Å². The van der Waals surface area contributed by atoms with Gasteiger partial charge >= 0.3 is 0 Å². The summed E-state index contributed by atoms with van der Waals surface area (Å²) in [6.07, 6.45) is 4.43. The fourth-order valence-electron chi connectivity index (χ4n) is 3.04. The normalized spacial score (nSPS) is 27.3. The van der Waals surface area contributed by atoms with E-state index in [1.807, 2.05) is 0 Å². The lowest BCUT2D eigenvalue weighted by Crippen LogP contribution is -2.30. The van der Waals surface area contributed by atoms with E-state index >= 15 is 0 Å². The van der Waals surface area contributed by atoms with Crippen LogP contribution in [0.3, 0.4) is 0 Å². The summed E-state index contributed by atoms with van der Waals surface area (Å²) >= 11 is 0. The molecule has 1 fully saturated rings. The largest absolute Gasteiger partial charge is 0.497 e. The summed E-state index contributed by atoms with van der Waals surface area (Å²) in [6.45, 7) is 2.19. The number of halogens is 1. The van der Waals surface area contributed by atoms with Crippen molar-refractivity contribution in [1.29, 1.82) is 0 Å². The molecule has 3 atom stereocenters. The molecule has 106 valence electrons. The SMILES string of the molecule is CCC1CCC(O)C(Cc2ccc(OC)cc2F)C1. The summed E-state index contributed by atoms with van der Waals surface area (Å²) in [5.41, 5.74) is 0.682. The number of ether oxygens (including phenoxy) is 1. The number of aliphatic hydroxyl groups is 1. The molecule has 2 rings (SSSR count). The molecular weight excluding hydrogens is 243 g/mol. The number of methoxy groups -OCH3 is 1. The van der Waals surface area contributed by atoms with Gasteiger partial charge in [0.1, 0.15) is 11.6 Å². The average Bonchev–Trinajstić information content (AvgIpc) is 2.43. The van der Waals surface area contributed by atoms with E-state index in [-0.39, 0.29) is 17.8 Å². The molecule has 1 aromatic rings. The van der Waals surface area contributed by atoms with Gasteiger partial charge in [-0.05, 0) is 49.1 Å². The van der Waals surface area contributed by atoms with Gasteiger partial charge in [-0.1, -0.05) is 19.4 Å². The third-order valence-electron chi connectivity index (χ3n) is 4.37. The van der Waals surface area contributed by atoms with Gasteiger partial charge < -0.3 is 9.84 Å². The van der Waals surface area contributed by atoms with E-state index in [2.05, 4.69) is 6.92 Å². The molecule has 0 aromatic heterocycles. The average molecular weight is 266 g/mol. The summed E-state index contributed by atoms with van der Waals surface area (Å²) in [5.74, 6) is 1.17. The molecule has 1 N–H and O–H groups in total. The standard InChI is InChI=1S/C16H23FO2/c1-3-11-4-7-16(18)13(8-11)9-12-5-6-14(19-2)10-15(12)17/h5-6,10-11,13,16,18H,3-4,7-9H2,1-2H3. The summed E-state index contributed by atoms with van der Waals surface area (Å²) < 4.78 is 18.9. The minimum atomic E-state index is -0.288. The van der Waals surface area contributed by atoms with Crippen LogP contribution in [0.2, 0.25) is 0 Å². The molecule has 0 aliphatic heterocycles.